The molecule has 0 fully saturated rings. The molecule has 4 heteroatoms. The topological polar surface area (TPSA) is 49.8 Å². The van der Waals surface area contributed by atoms with E-state index in [1.54, 1.807) is 17.0 Å². The van der Waals surface area contributed by atoms with Gasteiger partial charge in [-0.15, -0.1) is 0 Å². The zero-order valence-corrected chi connectivity index (χ0v) is 11.7. The van der Waals surface area contributed by atoms with E-state index in [1.165, 1.54) is 0 Å². The van der Waals surface area contributed by atoms with Crippen molar-refractivity contribution in [1.82, 2.24) is 4.90 Å². The predicted molar refractivity (Wildman–Crippen MR) is 78.8 cm³/mol. The zero-order valence-electron chi connectivity index (χ0n) is 11.7. The van der Waals surface area contributed by atoms with Gasteiger partial charge in [-0.3, -0.25) is 0 Å². The summed E-state index contributed by atoms with van der Waals surface area (Å²) in [4.78, 5) is 13.8. The molecular weight excluding hydrogens is 266 g/mol. The third-order valence-corrected chi connectivity index (χ3v) is 3.67. The van der Waals surface area contributed by atoms with Crippen LogP contribution in [0.1, 0.15) is 16.7 Å². The van der Waals surface area contributed by atoms with Crippen LogP contribution in [0.2, 0.25) is 0 Å². The van der Waals surface area contributed by atoms with Crippen LogP contribution in [0.5, 0.6) is 5.75 Å². The van der Waals surface area contributed by atoms with E-state index in [0.29, 0.717) is 19.7 Å². The Morgan fingerprint density at radius 3 is 2.76 bits per heavy atom. The van der Waals surface area contributed by atoms with Crippen LogP contribution in [0.4, 0.5) is 4.79 Å². The summed E-state index contributed by atoms with van der Waals surface area (Å²) in [6.07, 6.45) is 0.446. The maximum absolute atomic E-state index is 12.1. The molecule has 0 bridgehead atoms. The molecule has 1 amide bonds. The summed E-state index contributed by atoms with van der Waals surface area (Å²) in [6, 6.07) is 14.9. The van der Waals surface area contributed by atoms with Crippen LogP contribution in [0.3, 0.4) is 0 Å². The van der Waals surface area contributed by atoms with Gasteiger partial charge >= 0.3 is 6.09 Å². The number of hydrogen-bond donors (Lipinski definition) is 1. The van der Waals surface area contributed by atoms with Gasteiger partial charge < -0.3 is 14.7 Å². The summed E-state index contributed by atoms with van der Waals surface area (Å²) >= 11 is 0. The average Bonchev–Trinajstić information content (AvgIpc) is 2.53. The van der Waals surface area contributed by atoms with Crippen LogP contribution >= 0.6 is 0 Å². The van der Waals surface area contributed by atoms with Crippen molar-refractivity contribution in [3.63, 3.8) is 0 Å². The minimum Gasteiger partial charge on any atom is -0.508 e. The molecular formula is C17H17NO3. The first-order chi connectivity index (χ1) is 10.2. The number of hydrogen-bond acceptors (Lipinski definition) is 3. The number of amides is 1. The number of nitrogens with zero attached hydrogens (tertiary/aromatic N) is 1. The van der Waals surface area contributed by atoms with E-state index in [2.05, 4.69) is 0 Å². The molecule has 2 aromatic carbocycles. The highest BCUT2D eigenvalue weighted by molar-refractivity contribution is 5.68. The molecule has 0 spiro atoms. The normalized spacial score (nSPS) is 13.6. The van der Waals surface area contributed by atoms with E-state index in [9.17, 15) is 9.90 Å². The number of ether oxygens (including phenoxy) is 1. The van der Waals surface area contributed by atoms with Gasteiger partial charge in [0.2, 0.25) is 0 Å². The van der Waals surface area contributed by atoms with Gasteiger partial charge in [-0.25, -0.2) is 4.79 Å². The number of carbonyl (C=O) groups excluding carboxylic acids is 1. The smallest absolute Gasteiger partial charge is 0.410 e. The van der Waals surface area contributed by atoms with Crippen LogP contribution in [0.15, 0.2) is 48.5 Å². The van der Waals surface area contributed by atoms with Gasteiger partial charge in [0.05, 0.1) is 0 Å². The van der Waals surface area contributed by atoms with E-state index >= 15 is 0 Å². The van der Waals surface area contributed by atoms with Gasteiger partial charge in [0, 0.05) is 13.1 Å². The Hall–Kier alpha value is -2.49. The largest absolute Gasteiger partial charge is 0.508 e. The summed E-state index contributed by atoms with van der Waals surface area (Å²) in [7, 11) is 0. The molecule has 0 saturated heterocycles. The lowest BCUT2D eigenvalue weighted by Crippen LogP contribution is -2.36. The van der Waals surface area contributed by atoms with Gasteiger partial charge in [0.1, 0.15) is 12.4 Å². The Kier molecular flexibility index (Phi) is 3.77. The minimum atomic E-state index is -0.294. The Labute approximate surface area is 123 Å². The van der Waals surface area contributed by atoms with Crippen LogP contribution in [0.25, 0.3) is 0 Å². The summed E-state index contributed by atoms with van der Waals surface area (Å²) in [5.74, 6) is 0.272. The lowest BCUT2D eigenvalue weighted by molar-refractivity contribution is 0.0918. The zero-order chi connectivity index (χ0) is 14.7. The van der Waals surface area contributed by atoms with E-state index in [4.69, 9.17) is 4.74 Å². The van der Waals surface area contributed by atoms with Crippen molar-refractivity contribution in [2.75, 3.05) is 6.54 Å². The van der Waals surface area contributed by atoms with Gasteiger partial charge in [0.15, 0.2) is 0 Å². The molecule has 4 nitrogen and oxygen atoms in total. The Morgan fingerprint density at radius 2 is 1.95 bits per heavy atom. The highest BCUT2D eigenvalue weighted by Crippen LogP contribution is 2.23. The fourth-order valence-corrected chi connectivity index (χ4v) is 2.51. The molecule has 0 unspecified atom stereocenters. The van der Waals surface area contributed by atoms with E-state index in [-0.39, 0.29) is 11.8 Å². The van der Waals surface area contributed by atoms with Crippen molar-refractivity contribution >= 4 is 6.09 Å². The molecule has 108 valence electrons. The molecule has 0 radical (unpaired) electrons. The van der Waals surface area contributed by atoms with Crippen LogP contribution in [-0.4, -0.2) is 22.6 Å². The summed E-state index contributed by atoms with van der Waals surface area (Å²) in [6.45, 7) is 1.44. The monoisotopic (exact) mass is 283 g/mol. The predicted octanol–water partition coefficient (Wildman–Crippen LogP) is 3.09. The van der Waals surface area contributed by atoms with Crippen LogP contribution in [0, 0.1) is 0 Å². The Morgan fingerprint density at radius 1 is 1.14 bits per heavy atom. The third kappa shape index (κ3) is 3.16. The first-order valence-corrected chi connectivity index (χ1v) is 6.99. The number of fused-ring (bicyclic) bond motifs is 1. The maximum atomic E-state index is 12.1. The molecule has 1 heterocycles. The molecule has 21 heavy (non-hydrogen) atoms. The molecule has 1 aliphatic heterocycles. The fraction of sp³-hybridized carbons (Fsp3) is 0.235. The van der Waals surface area contributed by atoms with E-state index in [0.717, 1.165) is 23.1 Å². The van der Waals surface area contributed by atoms with E-state index in [1.807, 2.05) is 36.4 Å². The van der Waals surface area contributed by atoms with Crippen molar-refractivity contribution in [2.45, 2.75) is 19.6 Å². The highest BCUT2D eigenvalue weighted by atomic mass is 16.6. The number of aromatic hydroxyl groups is 1. The molecule has 1 aliphatic rings. The molecule has 2 aromatic rings. The average molecular weight is 283 g/mol. The van der Waals surface area contributed by atoms with Gasteiger partial charge in [-0.05, 0) is 35.2 Å². The van der Waals surface area contributed by atoms with Gasteiger partial charge in [0.25, 0.3) is 0 Å². The van der Waals surface area contributed by atoms with Crippen molar-refractivity contribution in [2.24, 2.45) is 0 Å². The highest BCUT2D eigenvalue weighted by Gasteiger charge is 2.21. The number of benzene rings is 2. The number of phenols is 1. The third-order valence-electron chi connectivity index (χ3n) is 3.67. The lowest BCUT2D eigenvalue weighted by atomic mass is 10.00. The molecule has 3 rings (SSSR count). The summed E-state index contributed by atoms with van der Waals surface area (Å²) < 4.78 is 5.34. The van der Waals surface area contributed by atoms with Crippen LogP contribution < -0.4 is 0 Å². The SMILES string of the molecule is O=C(OCc1ccccc1)N1CCc2cc(O)ccc2C1. The molecule has 0 aromatic heterocycles. The second-order valence-corrected chi connectivity index (χ2v) is 5.16. The van der Waals surface area contributed by atoms with Crippen molar-refractivity contribution in [3.05, 3.63) is 65.2 Å². The van der Waals surface area contributed by atoms with E-state index < -0.39 is 0 Å². The second-order valence-electron chi connectivity index (χ2n) is 5.16. The number of phenolic OH excluding ortho intramolecular Hbond substituents is 1. The molecule has 0 atom stereocenters. The first-order valence-electron chi connectivity index (χ1n) is 6.99. The van der Waals surface area contributed by atoms with Gasteiger partial charge in [-0.1, -0.05) is 36.4 Å². The summed E-state index contributed by atoms with van der Waals surface area (Å²) in [5, 5.41) is 9.47. The Bertz CT molecular complexity index is 640. The lowest BCUT2D eigenvalue weighted by Gasteiger charge is -2.28. The van der Waals surface area contributed by atoms with Gasteiger partial charge in [-0.2, -0.15) is 0 Å². The fourth-order valence-electron chi connectivity index (χ4n) is 2.51. The second kappa shape index (κ2) is 5.87. The quantitative estimate of drug-likeness (QED) is 0.921. The number of rotatable bonds is 2. The molecule has 0 aliphatic carbocycles. The Balaban J connectivity index is 1.60. The standard InChI is InChI=1S/C17H17NO3/c19-16-7-6-15-11-18(9-8-14(15)10-16)17(20)21-12-13-4-2-1-3-5-13/h1-7,10,19H,8-9,11-12H2. The molecule has 0 saturated carbocycles. The van der Waals surface area contributed by atoms with Crippen molar-refractivity contribution in [3.8, 4) is 5.75 Å². The minimum absolute atomic E-state index is 0.272. The maximum Gasteiger partial charge on any atom is 0.410 e. The first kappa shape index (κ1) is 13.5. The van der Waals surface area contributed by atoms with Crippen LogP contribution in [-0.2, 0) is 24.3 Å². The number of carbonyl (C=O) groups is 1. The molecule has 1 N–H and O–H groups in total. The van der Waals surface area contributed by atoms with Crippen molar-refractivity contribution < 1.29 is 14.6 Å². The van der Waals surface area contributed by atoms with Crippen molar-refractivity contribution in [1.29, 1.82) is 0 Å². The summed E-state index contributed by atoms with van der Waals surface area (Å²) in [5.41, 5.74) is 3.14.